The molecule has 1 aliphatic rings. The van der Waals surface area contributed by atoms with Crippen LogP contribution in [-0.2, 0) is 4.79 Å². The number of carbonyl (C=O) groups is 1. The normalized spacial score (nSPS) is 16.6. The Morgan fingerprint density at radius 3 is 2.44 bits per heavy atom. The van der Waals surface area contributed by atoms with Gasteiger partial charge in [0.1, 0.15) is 17.5 Å². The average molecular weight is 385 g/mol. The van der Waals surface area contributed by atoms with Crippen molar-refractivity contribution in [3.63, 3.8) is 0 Å². The second kappa shape index (κ2) is 6.81. The van der Waals surface area contributed by atoms with Gasteiger partial charge in [-0.05, 0) is 43.7 Å². The van der Waals surface area contributed by atoms with Gasteiger partial charge in [0.15, 0.2) is 0 Å². The molecular weight excluding hydrogens is 368 g/mol. The maximum atomic E-state index is 13.8. The number of carbonyl (C=O) groups excluding carboxylic acids is 1. The Bertz CT molecular complexity index is 1010. The Balaban J connectivity index is 1.90. The number of amides is 1. The van der Waals surface area contributed by atoms with Gasteiger partial charge in [-0.3, -0.25) is 4.79 Å². The van der Waals surface area contributed by atoms with Gasteiger partial charge in [0.25, 0.3) is 0 Å². The molecule has 1 atom stereocenters. The molecule has 0 saturated heterocycles. The molecule has 0 aliphatic carbocycles. The van der Waals surface area contributed by atoms with E-state index in [9.17, 15) is 13.6 Å². The molecule has 138 valence electrons. The second-order valence-corrected chi connectivity index (χ2v) is 7.63. The van der Waals surface area contributed by atoms with Gasteiger partial charge in [0, 0.05) is 11.6 Å². The van der Waals surface area contributed by atoms with E-state index in [4.69, 9.17) is 0 Å². The van der Waals surface area contributed by atoms with Crippen LogP contribution < -0.4 is 5.32 Å². The molecule has 2 heterocycles. The van der Waals surface area contributed by atoms with Crippen LogP contribution in [0.3, 0.4) is 0 Å². The topological polar surface area (TPSA) is 46.9 Å². The molecule has 1 aliphatic heterocycles. The number of benzene rings is 2. The minimum absolute atomic E-state index is 0.172. The highest BCUT2D eigenvalue weighted by Crippen LogP contribution is 2.44. The zero-order valence-corrected chi connectivity index (χ0v) is 15.6. The van der Waals surface area contributed by atoms with Crippen LogP contribution in [0.4, 0.5) is 14.6 Å². The molecule has 1 amide bonds. The van der Waals surface area contributed by atoms with E-state index in [1.165, 1.54) is 23.9 Å². The number of nitrogens with zero attached hydrogens (tertiary/aromatic N) is 2. The molecule has 0 fully saturated rings. The number of anilines is 1. The summed E-state index contributed by atoms with van der Waals surface area (Å²) in [6.07, 6.45) is 0. The van der Waals surface area contributed by atoms with Crippen molar-refractivity contribution in [2.24, 2.45) is 0 Å². The summed E-state index contributed by atoms with van der Waals surface area (Å²) in [6, 6.07) is 11.2. The van der Waals surface area contributed by atoms with Crippen LogP contribution in [0.25, 0.3) is 5.69 Å². The highest BCUT2D eigenvalue weighted by molar-refractivity contribution is 8.00. The molecule has 1 aromatic heterocycles. The van der Waals surface area contributed by atoms with Gasteiger partial charge < -0.3 is 5.32 Å². The fourth-order valence-electron chi connectivity index (χ4n) is 3.25. The summed E-state index contributed by atoms with van der Waals surface area (Å²) in [5.74, 6) is -0.724. The predicted octanol–water partition coefficient (Wildman–Crippen LogP) is 4.54. The van der Waals surface area contributed by atoms with Crippen LogP contribution in [0.5, 0.6) is 0 Å². The molecular formula is C20H17F2N3OS. The Hall–Kier alpha value is -2.67. The number of halogens is 2. The summed E-state index contributed by atoms with van der Waals surface area (Å²) in [5.41, 5.74) is 3.86. The number of aromatic nitrogens is 2. The lowest BCUT2D eigenvalue weighted by Crippen LogP contribution is -2.15. The lowest BCUT2D eigenvalue weighted by Gasteiger charge is -2.15. The van der Waals surface area contributed by atoms with E-state index in [-0.39, 0.29) is 11.7 Å². The van der Waals surface area contributed by atoms with E-state index >= 15 is 0 Å². The molecule has 1 N–H and O–H groups in total. The van der Waals surface area contributed by atoms with Gasteiger partial charge in [-0.1, -0.05) is 17.7 Å². The minimum Gasteiger partial charge on any atom is -0.310 e. The molecule has 4 nitrogen and oxygen atoms in total. The Kier molecular flexibility index (Phi) is 4.47. The van der Waals surface area contributed by atoms with Crippen molar-refractivity contribution in [1.82, 2.24) is 9.78 Å². The van der Waals surface area contributed by atoms with Crippen molar-refractivity contribution in [1.29, 1.82) is 0 Å². The molecule has 27 heavy (non-hydrogen) atoms. The second-order valence-electron chi connectivity index (χ2n) is 6.54. The summed E-state index contributed by atoms with van der Waals surface area (Å²) in [6.45, 7) is 3.83. The van der Waals surface area contributed by atoms with Crippen LogP contribution in [-0.4, -0.2) is 21.4 Å². The number of nitrogens with one attached hydrogen (secondary N) is 1. The minimum atomic E-state index is -0.640. The van der Waals surface area contributed by atoms with Crippen LogP contribution in [0.15, 0.2) is 42.5 Å². The molecule has 3 aromatic rings. The van der Waals surface area contributed by atoms with E-state index in [0.29, 0.717) is 17.1 Å². The largest absolute Gasteiger partial charge is 0.310 e. The Labute approximate surface area is 159 Å². The lowest BCUT2D eigenvalue weighted by molar-refractivity contribution is -0.113. The van der Waals surface area contributed by atoms with Crippen molar-refractivity contribution in [3.05, 3.63) is 76.5 Å². The molecule has 2 aromatic carbocycles. The zero-order valence-electron chi connectivity index (χ0n) is 14.8. The molecule has 1 unspecified atom stereocenters. The van der Waals surface area contributed by atoms with Crippen molar-refractivity contribution < 1.29 is 13.6 Å². The molecule has 4 rings (SSSR count). The number of aryl methyl sites for hydroxylation is 2. The zero-order chi connectivity index (χ0) is 19.1. The Morgan fingerprint density at radius 2 is 1.78 bits per heavy atom. The lowest BCUT2D eigenvalue weighted by atomic mass is 10.0. The number of fused-ring (bicyclic) bond motifs is 1. The maximum Gasteiger partial charge on any atom is 0.235 e. The van der Waals surface area contributed by atoms with Gasteiger partial charge >= 0.3 is 0 Å². The summed E-state index contributed by atoms with van der Waals surface area (Å²) >= 11 is 1.33. The highest BCUT2D eigenvalue weighted by atomic mass is 32.2. The molecule has 0 saturated carbocycles. The smallest absolute Gasteiger partial charge is 0.235 e. The molecule has 0 radical (unpaired) electrons. The van der Waals surface area contributed by atoms with E-state index in [1.54, 1.807) is 4.68 Å². The van der Waals surface area contributed by atoms with Crippen LogP contribution in [0.1, 0.15) is 27.6 Å². The Morgan fingerprint density at radius 1 is 1.11 bits per heavy atom. The van der Waals surface area contributed by atoms with Crippen molar-refractivity contribution in [2.45, 2.75) is 19.1 Å². The van der Waals surface area contributed by atoms with Gasteiger partial charge in [0.2, 0.25) is 5.91 Å². The first-order valence-electron chi connectivity index (χ1n) is 8.46. The predicted molar refractivity (Wildman–Crippen MR) is 102 cm³/mol. The van der Waals surface area contributed by atoms with Gasteiger partial charge in [-0.25, -0.2) is 13.5 Å². The van der Waals surface area contributed by atoms with Crippen molar-refractivity contribution >= 4 is 23.5 Å². The third kappa shape index (κ3) is 3.35. The van der Waals surface area contributed by atoms with E-state index in [0.717, 1.165) is 22.9 Å². The maximum absolute atomic E-state index is 13.8. The summed E-state index contributed by atoms with van der Waals surface area (Å²) < 4.78 is 29.3. The fraction of sp³-hybridized carbons (Fsp3) is 0.200. The number of hydrogen-bond donors (Lipinski definition) is 1. The first kappa shape index (κ1) is 17.7. The van der Waals surface area contributed by atoms with E-state index in [2.05, 4.69) is 10.4 Å². The molecule has 0 bridgehead atoms. The SMILES string of the molecule is Cc1ccc(-n2nc(C)c3c2NC(=O)CSC3c2cc(F)cc(F)c2)cc1. The molecule has 0 spiro atoms. The van der Waals surface area contributed by atoms with Crippen LogP contribution in [0, 0.1) is 25.5 Å². The molecule has 7 heteroatoms. The van der Waals surface area contributed by atoms with E-state index in [1.807, 2.05) is 38.1 Å². The first-order chi connectivity index (χ1) is 12.9. The summed E-state index contributed by atoms with van der Waals surface area (Å²) in [5, 5.41) is 7.10. The van der Waals surface area contributed by atoms with Gasteiger partial charge in [0.05, 0.1) is 22.4 Å². The third-order valence-electron chi connectivity index (χ3n) is 4.47. The third-order valence-corrected chi connectivity index (χ3v) is 5.74. The number of thioether (sulfide) groups is 1. The number of hydrogen-bond acceptors (Lipinski definition) is 3. The van der Waals surface area contributed by atoms with Gasteiger partial charge in [-0.15, -0.1) is 11.8 Å². The van der Waals surface area contributed by atoms with E-state index < -0.39 is 16.9 Å². The van der Waals surface area contributed by atoms with Crippen molar-refractivity contribution in [3.8, 4) is 5.69 Å². The monoisotopic (exact) mass is 385 g/mol. The standard InChI is InChI=1S/C20H17F2N3OS/c1-11-3-5-16(6-4-11)25-20-18(12(2)24-25)19(27-10-17(26)23-20)13-7-14(21)9-15(22)8-13/h3-9,19H,10H2,1-2H3,(H,23,26). The average Bonchev–Trinajstić information content (AvgIpc) is 2.81. The fourth-order valence-corrected chi connectivity index (χ4v) is 4.41. The number of rotatable bonds is 2. The van der Waals surface area contributed by atoms with Gasteiger partial charge in [-0.2, -0.15) is 5.10 Å². The van der Waals surface area contributed by atoms with Crippen LogP contribution >= 0.6 is 11.8 Å². The first-order valence-corrected chi connectivity index (χ1v) is 9.51. The van der Waals surface area contributed by atoms with Crippen molar-refractivity contribution in [2.75, 3.05) is 11.1 Å². The van der Waals surface area contributed by atoms with Crippen LogP contribution in [0.2, 0.25) is 0 Å². The quantitative estimate of drug-likeness (QED) is 0.704. The summed E-state index contributed by atoms with van der Waals surface area (Å²) in [4.78, 5) is 12.3. The summed E-state index contributed by atoms with van der Waals surface area (Å²) in [7, 11) is 0. The highest BCUT2D eigenvalue weighted by Gasteiger charge is 2.31.